The molecule has 0 atom stereocenters. The molecule has 12 rings (SSSR count). The third-order valence-corrected chi connectivity index (χ3v) is 12.2. The molecule has 0 saturated carbocycles. The molecule has 0 radical (unpaired) electrons. The lowest BCUT2D eigenvalue weighted by Gasteiger charge is -2.11. The van der Waals surface area contributed by atoms with E-state index in [2.05, 4.69) is 126 Å². The average Bonchev–Trinajstić information content (AvgIpc) is 3.97. The summed E-state index contributed by atoms with van der Waals surface area (Å²) in [6.45, 7) is 0. The topological polar surface area (TPSA) is 56.7 Å². The highest BCUT2D eigenvalue weighted by atomic mass is 32.1. The van der Waals surface area contributed by atoms with Crippen LogP contribution in [0.4, 0.5) is 0 Å². The van der Waals surface area contributed by atoms with Crippen molar-refractivity contribution in [2.24, 2.45) is 0 Å². The van der Waals surface area contributed by atoms with Gasteiger partial charge in [0, 0.05) is 58.6 Å². The normalized spacial score (nSPS) is 11.9. The first-order valence-corrected chi connectivity index (χ1v) is 19.8. The van der Waals surface area contributed by atoms with E-state index in [4.69, 9.17) is 19.4 Å². The molecule has 4 heterocycles. The maximum atomic E-state index is 6.94. The van der Waals surface area contributed by atoms with Gasteiger partial charge in [0.1, 0.15) is 11.2 Å². The van der Waals surface area contributed by atoms with Gasteiger partial charge in [-0.15, -0.1) is 11.3 Å². The van der Waals surface area contributed by atoms with Crippen LogP contribution in [-0.4, -0.2) is 19.5 Å². The third kappa shape index (κ3) is 4.91. The fourth-order valence-corrected chi connectivity index (χ4v) is 9.77. The van der Waals surface area contributed by atoms with Gasteiger partial charge in [-0.2, -0.15) is 0 Å². The minimum Gasteiger partial charge on any atom is -0.455 e. The molecular formula is C51H30N4OS. The largest absolute Gasteiger partial charge is 0.455 e. The highest BCUT2D eigenvalue weighted by Gasteiger charge is 2.23. The molecule has 12 aromatic rings. The van der Waals surface area contributed by atoms with Crippen LogP contribution in [0.25, 0.3) is 115 Å². The zero-order valence-electron chi connectivity index (χ0n) is 30.4. The third-order valence-electron chi connectivity index (χ3n) is 11.1. The average molecular weight is 747 g/mol. The maximum absolute atomic E-state index is 6.94. The van der Waals surface area contributed by atoms with Crippen molar-refractivity contribution in [3.05, 3.63) is 182 Å². The minimum atomic E-state index is 0.639. The molecule has 8 aromatic carbocycles. The first kappa shape index (κ1) is 31.9. The summed E-state index contributed by atoms with van der Waals surface area (Å²) in [6.07, 6.45) is 0. The van der Waals surface area contributed by atoms with E-state index in [9.17, 15) is 0 Å². The first-order chi connectivity index (χ1) is 28.3. The van der Waals surface area contributed by atoms with Crippen molar-refractivity contribution in [3.63, 3.8) is 0 Å². The van der Waals surface area contributed by atoms with Crippen LogP contribution in [0.1, 0.15) is 0 Å². The molecule has 6 heteroatoms. The van der Waals surface area contributed by atoms with Gasteiger partial charge in [0.15, 0.2) is 17.5 Å². The Labute approximate surface area is 330 Å². The Morgan fingerprint density at radius 1 is 0.386 bits per heavy atom. The van der Waals surface area contributed by atoms with Gasteiger partial charge < -0.3 is 8.98 Å². The van der Waals surface area contributed by atoms with Crippen LogP contribution in [0.3, 0.4) is 0 Å². The summed E-state index contributed by atoms with van der Waals surface area (Å²) in [6, 6.07) is 63.6. The molecule has 0 aliphatic carbocycles. The zero-order chi connectivity index (χ0) is 37.5. The monoisotopic (exact) mass is 746 g/mol. The molecule has 0 N–H and O–H groups in total. The molecule has 0 spiro atoms. The van der Waals surface area contributed by atoms with E-state index in [-0.39, 0.29) is 0 Å². The highest BCUT2D eigenvalue weighted by molar-refractivity contribution is 7.26. The summed E-state index contributed by atoms with van der Waals surface area (Å²) in [5.41, 5.74) is 10.2. The van der Waals surface area contributed by atoms with Gasteiger partial charge >= 0.3 is 0 Å². The Morgan fingerprint density at radius 3 is 1.56 bits per heavy atom. The number of nitrogens with zero attached hydrogens (tertiary/aromatic N) is 4. The molecular weight excluding hydrogens is 717 g/mol. The molecule has 0 fully saturated rings. The second-order valence-corrected chi connectivity index (χ2v) is 15.4. The van der Waals surface area contributed by atoms with Crippen molar-refractivity contribution >= 4 is 75.3 Å². The van der Waals surface area contributed by atoms with Crippen molar-refractivity contribution in [3.8, 4) is 51.0 Å². The molecule has 0 aliphatic heterocycles. The predicted molar refractivity (Wildman–Crippen MR) is 236 cm³/mol. The second-order valence-electron chi connectivity index (χ2n) is 14.3. The summed E-state index contributed by atoms with van der Waals surface area (Å²) >= 11 is 1.79. The summed E-state index contributed by atoms with van der Waals surface area (Å²) in [4.78, 5) is 15.3. The van der Waals surface area contributed by atoms with Crippen LogP contribution in [-0.2, 0) is 0 Å². The summed E-state index contributed by atoms with van der Waals surface area (Å²) in [5, 5.41) is 6.92. The van der Waals surface area contributed by atoms with Crippen molar-refractivity contribution in [2.45, 2.75) is 0 Å². The fraction of sp³-hybridized carbons (Fsp3) is 0. The smallest absolute Gasteiger partial charge is 0.164 e. The van der Waals surface area contributed by atoms with Gasteiger partial charge in [-0.1, -0.05) is 146 Å². The fourth-order valence-electron chi connectivity index (χ4n) is 8.62. The van der Waals surface area contributed by atoms with Crippen LogP contribution in [0, 0.1) is 0 Å². The van der Waals surface area contributed by atoms with E-state index in [1.54, 1.807) is 11.3 Å². The molecule has 266 valence electrons. The van der Waals surface area contributed by atoms with Gasteiger partial charge in [0.2, 0.25) is 0 Å². The number of para-hydroxylation sites is 3. The van der Waals surface area contributed by atoms with Crippen LogP contribution >= 0.6 is 11.3 Å². The maximum Gasteiger partial charge on any atom is 0.164 e. The number of hydrogen-bond donors (Lipinski definition) is 0. The van der Waals surface area contributed by atoms with E-state index in [1.807, 2.05) is 60.7 Å². The van der Waals surface area contributed by atoms with E-state index < -0.39 is 0 Å². The first-order valence-electron chi connectivity index (χ1n) is 19.0. The van der Waals surface area contributed by atoms with Gasteiger partial charge in [0.05, 0.1) is 22.1 Å². The van der Waals surface area contributed by atoms with Crippen LogP contribution in [0.15, 0.2) is 186 Å². The summed E-state index contributed by atoms with van der Waals surface area (Å²) in [5.74, 6) is 1.92. The van der Waals surface area contributed by atoms with E-state index in [0.29, 0.717) is 17.5 Å². The SMILES string of the molecule is c1ccc(-c2nc(-c3ccccc3)nc(-c3cccc4sc5cccc(-c6cccc7c6oc6cccc(-n8c9ccccc9c9ccccc98)c67)c5c34)n2)cc1. The van der Waals surface area contributed by atoms with Crippen LogP contribution in [0.5, 0.6) is 0 Å². The predicted octanol–water partition coefficient (Wildman–Crippen LogP) is 13.9. The molecule has 4 aromatic heterocycles. The van der Waals surface area contributed by atoms with Crippen LogP contribution in [0.2, 0.25) is 0 Å². The molecule has 0 amide bonds. The van der Waals surface area contributed by atoms with Gasteiger partial charge in [-0.3, -0.25) is 0 Å². The highest BCUT2D eigenvalue weighted by Crippen LogP contribution is 2.47. The second kappa shape index (κ2) is 12.6. The molecule has 0 bridgehead atoms. The summed E-state index contributed by atoms with van der Waals surface area (Å²) in [7, 11) is 0. The number of furan rings is 1. The number of rotatable bonds is 5. The Balaban J connectivity index is 1.11. The molecule has 0 aliphatic rings. The number of benzene rings is 8. The van der Waals surface area contributed by atoms with Crippen LogP contribution < -0.4 is 0 Å². The molecule has 0 unspecified atom stereocenters. The zero-order valence-corrected chi connectivity index (χ0v) is 31.2. The van der Waals surface area contributed by atoms with Crippen molar-refractivity contribution in [2.75, 3.05) is 0 Å². The number of hydrogen-bond acceptors (Lipinski definition) is 5. The lowest BCUT2D eigenvalue weighted by molar-refractivity contribution is 0.670. The van der Waals surface area contributed by atoms with Gasteiger partial charge in [-0.25, -0.2) is 15.0 Å². The summed E-state index contributed by atoms with van der Waals surface area (Å²) < 4.78 is 11.7. The van der Waals surface area contributed by atoms with Crippen molar-refractivity contribution in [1.29, 1.82) is 0 Å². The van der Waals surface area contributed by atoms with Crippen molar-refractivity contribution < 1.29 is 4.42 Å². The number of thiophene rings is 1. The molecule has 0 saturated heterocycles. The Morgan fingerprint density at radius 2 is 0.895 bits per heavy atom. The van der Waals surface area contributed by atoms with E-state index in [1.165, 1.54) is 31.2 Å². The number of fused-ring (bicyclic) bond motifs is 9. The lowest BCUT2D eigenvalue weighted by atomic mass is 9.95. The van der Waals surface area contributed by atoms with Crippen molar-refractivity contribution in [1.82, 2.24) is 19.5 Å². The Kier molecular flexibility index (Phi) is 7.03. The Hall–Kier alpha value is -7.41. The quantitative estimate of drug-likeness (QED) is 0.176. The van der Waals surface area contributed by atoms with Gasteiger partial charge in [0.25, 0.3) is 0 Å². The standard InChI is InChI=1S/C51H30N4OS/c1-3-15-31(16-4-1)49-52-50(32-17-5-2-6-18-32)54-51(53-49)38-24-13-30-44-47(38)46-35(21-12-29-43(46)57-44)36-22-11-23-37-45-41(27-14-28-42(45)56-48(36)37)55-39-25-9-7-19-33(39)34-20-8-10-26-40(34)55/h1-30H. The number of aromatic nitrogens is 4. The molecule has 5 nitrogen and oxygen atoms in total. The lowest BCUT2D eigenvalue weighted by Crippen LogP contribution is -2.00. The Bertz CT molecular complexity index is 3420. The molecule has 57 heavy (non-hydrogen) atoms. The minimum absolute atomic E-state index is 0.639. The van der Waals surface area contributed by atoms with E-state index >= 15 is 0 Å². The van der Waals surface area contributed by atoms with Gasteiger partial charge in [-0.05, 0) is 42.0 Å². The van der Waals surface area contributed by atoms with E-state index in [0.717, 1.165) is 66.2 Å².